The lowest BCUT2D eigenvalue weighted by Crippen LogP contribution is -2.58. The number of hydrogen-bond donors (Lipinski definition) is 1. The molecule has 3 saturated heterocycles. The number of ether oxygens (including phenoxy) is 1. The van der Waals surface area contributed by atoms with Gasteiger partial charge >= 0.3 is 0 Å². The van der Waals surface area contributed by atoms with E-state index < -0.39 is 0 Å². The van der Waals surface area contributed by atoms with Crippen LogP contribution in [0.1, 0.15) is 76.9 Å². The first-order valence-corrected chi connectivity index (χ1v) is 18.2. The minimum absolute atomic E-state index is 0.0351. The van der Waals surface area contributed by atoms with E-state index in [9.17, 15) is 4.79 Å². The number of piperidine rings is 2. The molecule has 5 rings (SSSR count). The molecule has 260 valence electrons. The van der Waals surface area contributed by atoms with Crippen LogP contribution in [0.5, 0.6) is 0 Å². The van der Waals surface area contributed by atoms with Crippen LogP contribution in [0, 0.1) is 0 Å². The SMILES string of the molecule is CCN1CCOC(CC(=O)NC2(Cc3cccc(CC(C)N4CCC(Cc5ccccn5)(N(C)C)CC4)n3)CCN(C(C)C)CC2)C1. The molecule has 0 bridgehead atoms. The zero-order chi connectivity index (χ0) is 33.4. The third kappa shape index (κ3) is 9.60. The van der Waals surface area contributed by atoms with E-state index in [-0.39, 0.29) is 23.1 Å². The summed E-state index contributed by atoms with van der Waals surface area (Å²) in [5.41, 5.74) is 3.27. The van der Waals surface area contributed by atoms with Crippen LogP contribution >= 0.6 is 0 Å². The maximum absolute atomic E-state index is 13.5. The van der Waals surface area contributed by atoms with Gasteiger partial charge in [0.25, 0.3) is 0 Å². The standard InChI is InChI=1S/C38H61N7O2/c1-7-43-23-24-47-35(29-43)26-36(46)41-37(14-19-44(20-15-37)30(2)3)27-34-13-10-12-32(40-34)25-31(4)45-21-16-38(17-22-45,42(5)6)28-33-11-8-9-18-39-33/h8-13,18,30-31,35H,7,14-17,19-29H2,1-6H3,(H,41,46). The van der Waals surface area contributed by atoms with Gasteiger partial charge < -0.3 is 24.8 Å². The minimum Gasteiger partial charge on any atom is -0.375 e. The second-order valence-corrected chi connectivity index (χ2v) is 15.1. The van der Waals surface area contributed by atoms with Crippen LogP contribution in [-0.4, -0.2) is 131 Å². The number of likely N-dealkylation sites (N-methyl/N-ethyl adjacent to an activating group) is 2. The quantitative estimate of drug-likeness (QED) is 0.349. The van der Waals surface area contributed by atoms with E-state index in [1.54, 1.807) is 0 Å². The highest BCUT2D eigenvalue weighted by atomic mass is 16.5. The number of nitrogens with one attached hydrogen (secondary N) is 1. The second-order valence-electron chi connectivity index (χ2n) is 15.1. The van der Waals surface area contributed by atoms with Gasteiger partial charge in [-0.2, -0.15) is 0 Å². The highest BCUT2D eigenvalue weighted by Gasteiger charge is 2.39. The third-order valence-corrected chi connectivity index (χ3v) is 11.4. The molecular weight excluding hydrogens is 586 g/mol. The van der Waals surface area contributed by atoms with Crippen molar-refractivity contribution in [2.75, 3.05) is 66.5 Å². The van der Waals surface area contributed by atoms with Gasteiger partial charge in [-0.3, -0.25) is 19.7 Å². The Morgan fingerprint density at radius 1 is 0.936 bits per heavy atom. The lowest BCUT2D eigenvalue weighted by Gasteiger charge is -2.47. The fourth-order valence-corrected chi connectivity index (χ4v) is 8.08. The van der Waals surface area contributed by atoms with Gasteiger partial charge in [0.1, 0.15) is 0 Å². The van der Waals surface area contributed by atoms with Gasteiger partial charge in [0.15, 0.2) is 0 Å². The first kappa shape index (κ1) is 35.9. The predicted octanol–water partition coefficient (Wildman–Crippen LogP) is 4.06. The smallest absolute Gasteiger partial charge is 0.223 e. The molecular formula is C38H61N7O2. The molecule has 1 N–H and O–H groups in total. The van der Waals surface area contributed by atoms with Crippen molar-refractivity contribution in [1.29, 1.82) is 0 Å². The number of hydrogen-bond acceptors (Lipinski definition) is 8. The predicted molar refractivity (Wildman–Crippen MR) is 190 cm³/mol. The van der Waals surface area contributed by atoms with E-state index >= 15 is 0 Å². The van der Waals surface area contributed by atoms with Crippen LogP contribution in [0.15, 0.2) is 42.6 Å². The number of rotatable bonds is 13. The Bertz CT molecular complexity index is 1260. The van der Waals surface area contributed by atoms with Gasteiger partial charge in [-0.25, -0.2) is 0 Å². The summed E-state index contributed by atoms with van der Waals surface area (Å²) < 4.78 is 5.99. The van der Waals surface area contributed by atoms with E-state index in [0.29, 0.717) is 25.1 Å². The van der Waals surface area contributed by atoms with Crippen molar-refractivity contribution in [3.63, 3.8) is 0 Å². The maximum Gasteiger partial charge on any atom is 0.223 e. The van der Waals surface area contributed by atoms with Crippen molar-refractivity contribution in [2.24, 2.45) is 0 Å². The van der Waals surface area contributed by atoms with Crippen LogP contribution in [0.25, 0.3) is 0 Å². The van der Waals surface area contributed by atoms with E-state index in [2.05, 4.69) is 102 Å². The average molecular weight is 648 g/mol. The average Bonchev–Trinajstić information content (AvgIpc) is 3.05. The van der Waals surface area contributed by atoms with E-state index in [1.807, 2.05) is 12.3 Å². The highest BCUT2D eigenvalue weighted by Crippen LogP contribution is 2.32. The summed E-state index contributed by atoms with van der Waals surface area (Å²) in [6.07, 6.45) is 9.11. The summed E-state index contributed by atoms with van der Waals surface area (Å²) in [6, 6.07) is 13.7. The Labute approximate surface area is 284 Å². The van der Waals surface area contributed by atoms with E-state index in [0.717, 1.165) is 102 Å². The van der Waals surface area contributed by atoms with Gasteiger partial charge in [0.05, 0.1) is 19.1 Å². The Morgan fingerprint density at radius 2 is 1.64 bits per heavy atom. The zero-order valence-electron chi connectivity index (χ0n) is 30.1. The largest absolute Gasteiger partial charge is 0.375 e. The highest BCUT2D eigenvalue weighted by molar-refractivity contribution is 5.77. The number of morpholine rings is 1. The molecule has 47 heavy (non-hydrogen) atoms. The van der Waals surface area contributed by atoms with E-state index in [4.69, 9.17) is 9.72 Å². The molecule has 3 fully saturated rings. The number of amides is 1. The van der Waals surface area contributed by atoms with Gasteiger partial charge in [-0.05, 0) is 91.4 Å². The molecule has 2 atom stereocenters. The zero-order valence-corrected chi connectivity index (χ0v) is 30.1. The number of carbonyl (C=O) groups excluding carboxylic acids is 1. The molecule has 2 aromatic heterocycles. The molecule has 0 saturated carbocycles. The lowest BCUT2D eigenvalue weighted by molar-refractivity contribution is -0.128. The normalized spacial score (nSPS) is 23.2. The molecule has 9 heteroatoms. The second kappa shape index (κ2) is 16.3. The van der Waals surface area contributed by atoms with Crippen molar-refractivity contribution in [2.45, 2.75) is 108 Å². The molecule has 5 heterocycles. The summed E-state index contributed by atoms with van der Waals surface area (Å²) >= 11 is 0. The summed E-state index contributed by atoms with van der Waals surface area (Å²) in [5.74, 6) is 0.109. The molecule has 3 aliphatic rings. The Morgan fingerprint density at radius 3 is 2.30 bits per heavy atom. The number of carbonyl (C=O) groups is 1. The number of aromatic nitrogens is 2. The van der Waals surface area contributed by atoms with Gasteiger partial charge in [-0.15, -0.1) is 0 Å². The monoisotopic (exact) mass is 647 g/mol. The molecule has 9 nitrogen and oxygen atoms in total. The number of pyridine rings is 2. The first-order chi connectivity index (χ1) is 22.6. The molecule has 0 aliphatic carbocycles. The number of nitrogens with zero attached hydrogens (tertiary/aromatic N) is 6. The fourth-order valence-electron chi connectivity index (χ4n) is 8.08. The van der Waals surface area contributed by atoms with Crippen molar-refractivity contribution < 1.29 is 9.53 Å². The summed E-state index contributed by atoms with van der Waals surface area (Å²) in [4.78, 5) is 33.3. The fraction of sp³-hybridized carbons (Fsp3) is 0.711. The van der Waals surface area contributed by atoms with Crippen molar-refractivity contribution in [3.8, 4) is 0 Å². The summed E-state index contributed by atoms with van der Waals surface area (Å²) in [5, 5.41) is 3.55. The van der Waals surface area contributed by atoms with Crippen LogP contribution in [0.2, 0.25) is 0 Å². The van der Waals surface area contributed by atoms with Gasteiger partial charge in [0.2, 0.25) is 5.91 Å². The molecule has 2 aromatic rings. The maximum atomic E-state index is 13.5. The minimum atomic E-state index is -0.283. The van der Waals surface area contributed by atoms with Crippen LogP contribution in [0.4, 0.5) is 0 Å². The molecule has 3 aliphatic heterocycles. The molecule has 0 spiro atoms. The summed E-state index contributed by atoms with van der Waals surface area (Å²) in [7, 11) is 4.45. The third-order valence-electron chi connectivity index (χ3n) is 11.4. The van der Waals surface area contributed by atoms with E-state index in [1.165, 1.54) is 5.69 Å². The Kier molecular flexibility index (Phi) is 12.4. The lowest BCUT2D eigenvalue weighted by atomic mass is 9.81. The van der Waals surface area contributed by atoms with Crippen molar-refractivity contribution >= 4 is 5.91 Å². The number of likely N-dealkylation sites (tertiary alicyclic amines) is 2. The Hall–Kier alpha value is -2.43. The molecule has 1 amide bonds. The van der Waals surface area contributed by atoms with Crippen LogP contribution < -0.4 is 5.32 Å². The molecule has 0 aromatic carbocycles. The van der Waals surface area contributed by atoms with Crippen molar-refractivity contribution in [3.05, 3.63) is 59.7 Å². The van der Waals surface area contributed by atoms with Crippen molar-refractivity contribution in [1.82, 2.24) is 34.9 Å². The Balaban J connectivity index is 1.21. The topological polar surface area (TPSA) is 77.1 Å². The molecule has 2 unspecified atom stereocenters. The molecule has 0 radical (unpaired) electrons. The van der Waals surface area contributed by atoms with Crippen LogP contribution in [0.3, 0.4) is 0 Å². The summed E-state index contributed by atoms with van der Waals surface area (Å²) in [6.45, 7) is 16.7. The van der Waals surface area contributed by atoms with Gasteiger partial charge in [-0.1, -0.05) is 19.1 Å². The van der Waals surface area contributed by atoms with Gasteiger partial charge in [0, 0.05) is 105 Å². The first-order valence-electron chi connectivity index (χ1n) is 18.2. The van der Waals surface area contributed by atoms with Crippen LogP contribution in [-0.2, 0) is 28.8 Å².